The van der Waals surface area contributed by atoms with Gasteiger partial charge in [-0.05, 0) is 48.9 Å². The molecule has 0 aliphatic heterocycles. The number of hydrogen-bond acceptors (Lipinski definition) is 3. The molecule has 2 aromatic carbocycles. The molecular weight excluding hydrogens is 304 g/mol. The van der Waals surface area contributed by atoms with Crippen molar-refractivity contribution in [2.75, 3.05) is 19.0 Å². The van der Waals surface area contributed by atoms with Crippen molar-refractivity contribution in [2.45, 2.75) is 19.8 Å². The number of unbranched alkanes of at least 4 members (excludes halogenated alkanes) is 1. The van der Waals surface area contributed by atoms with Gasteiger partial charge >= 0.3 is 0 Å². The summed E-state index contributed by atoms with van der Waals surface area (Å²) < 4.78 is 5.58. The second-order valence-corrected chi connectivity index (χ2v) is 5.34. The Kier molecular flexibility index (Phi) is 6.37. The van der Waals surface area contributed by atoms with Gasteiger partial charge in [-0.15, -0.1) is 0 Å². The van der Waals surface area contributed by atoms with Crippen LogP contribution in [0.3, 0.4) is 0 Å². The Labute approximate surface area is 142 Å². The number of benzene rings is 2. The first kappa shape index (κ1) is 17.5. The maximum absolute atomic E-state index is 12.3. The average molecular weight is 326 g/mol. The van der Waals surface area contributed by atoms with Crippen LogP contribution in [0.25, 0.3) is 0 Å². The van der Waals surface area contributed by atoms with Gasteiger partial charge in [0.25, 0.3) is 11.8 Å². The predicted octanol–water partition coefficient (Wildman–Crippen LogP) is 3.48. The van der Waals surface area contributed by atoms with Crippen LogP contribution in [0, 0.1) is 0 Å². The number of anilines is 1. The number of hydrogen-bond donors (Lipinski definition) is 2. The Bertz CT molecular complexity index is 696. The van der Waals surface area contributed by atoms with Gasteiger partial charge in [0.05, 0.1) is 6.61 Å². The molecule has 0 atom stereocenters. The zero-order valence-electron chi connectivity index (χ0n) is 14.0. The summed E-state index contributed by atoms with van der Waals surface area (Å²) in [5.41, 5.74) is 1.60. The highest BCUT2D eigenvalue weighted by molar-refractivity contribution is 6.05. The van der Waals surface area contributed by atoms with Crippen molar-refractivity contribution in [2.24, 2.45) is 0 Å². The first-order valence-electron chi connectivity index (χ1n) is 8.00. The van der Waals surface area contributed by atoms with Crippen molar-refractivity contribution in [1.29, 1.82) is 0 Å². The molecule has 2 amide bonds. The summed E-state index contributed by atoms with van der Waals surface area (Å²) in [5, 5.41) is 5.34. The van der Waals surface area contributed by atoms with Gasteiger partial charge in [0.15, 0.2) is 0 Å². The van der Waals surface area contributed by atoms with E-state index in [0.29, 0.717) is 23.4 Å². The first-order chi connectivity index (χ1) is 11.6. The molecule has 0 aliphatic carbocycles. The van der Waals surface area contributed by atoms with Crippen LogP contribution in [0.4, 0.5) is 5.69 Å². The predicted molar refractivity (Wildman–Crippen MR) is 94.6 cm³/mol. The molecule has 126 valence electrons. The molecule has 2 aromatic rings. The molecule has 5 heteroatoms. The van der Waals surface area contributed by atoms with Crippen LogP contribution in [-0.2, 0) is 0 Å². The van der Waals surface area contributed by atoms with Gasteiger partial charge in [-0.25, -0.2) is 0 Å². The second-order valence-electron chi connectivity index (χ2n) is 5.34. The Balaban J connectivity index is 2.00. The van der Waals surface area contributed by atoms with Gasteiger partial charge in [0.2, 0.25) is 0 Å². The lowest BCUT2D eigenvalue weighted by Crippen LogP contribution is -2.18. The van der Waals surface area contributed by atoms with Gasteiger partial charge in [-0.2, -0.15) is 0 Å². The zero-order valence-corrected chi connectivity index (χ0v) is 14.0. The van der Waals surface area contributed by atoms with E-state index < -0.39 is 0 Å². The van der Waals surface area contributed by atoms with E-state index in [4.69, 9.17) is 4.74 Å². The maximum Gasteiger partial charge on any atom is 0.255 e. The van der Waals surface area contributed by atoms with Crippen molar-refractivity contribution >= 4 is 17.5 Å². The summed E-state index contributed by atoms with van der Waals surface area (Å²) in [4.78, 5) is 23.9. The molecule has 5 nitrogen and oxygen atoms in total. The van der Waals surface area contributed by atoms with Crippen molar-refractivity contribution in [3.8, 4) is 5.75 Å². The number of carbonyl (C=O) groups excluding carboxylic acids is 2. The number of amides is 2. The van der Waals surface area contributed by atoms with Crippen LogP contribution in [0.5, 0.6) is 5.75 Å². The van der Waals surface area contributed by atoms with E-state index in [2.05, 4.69) is 17.6 Å². The van der Waals surface area contributed by atoms with Crippen LogP contribution < -0.4 is 15.4 Å². The molecule has 0 bridgehead atoms. The van der Waals surface area contributed by atoms with Crippen LogP contribution in [0.2, 0.25) is 0 Å². The second kappa shape index (κ2) is 8.72. The molecular formula is C19H22N2O3. The third-order valence-electron chi connectivity index (χ3n) is 3.49. The SMILES string of the molecule is CCCCOc1ccc(C(=O)Nc2cccc(C(=O)NC)c2)cc1. The number of nitrogens with one attached hydrogen (secondary N) is 2. The Hall–Kier alpha value is -2.82. The molecule has 0 unspecified atom stereocenters. The lowest BCUT2D eigenvalue weighted by atomic mass is 10.1. The summed E-state index contributed by atoms with van der Waals surface area (Å²) in [6.07, 6.45) is 2.08. The molecule has 2 rings (SSSR count). The van der Waals surface area contributed by atoms with Crippen molar-refractivity contribution in [3.05, 3.63) is 59.7 Å². The van der Waals surface area contributed by atoms with E-state index in [1.807, 2.05) is 0 Å². The van der Waals surface area contributed by atoms with Crippen LogP contribution in [0.1, 0.15) is 40.5 Å². The maximum atomic E-state index is 12.3. The van der Waals surface area contributed by atoms with E-state index in [0.717, 1.165) is 18.6 Å². The first-order valence-corrected chi connectivity index (χ1v) is 8.00. The molecule has 0 saturated carbocycles. The fourth-order valence-corrected chi connectivity index (χ4v) is 2.12. The van der Waals surface area contributed by atoms with Crippen molar-refractivity contribution < 1.29 is 14.3 Å². The average Bonchev–Trinajstić information content (AvgIpc) is 2.62. The molecule has 0 heterocycles. The third-order valence-corrected chi connectivity index (χ3v) is 3.49. The van der Waals surface area contributed by atoms with E-state index in [9.17, 15) is 9.59 Å². The number of carbonyl (C=O) groups is 2. The number of rotatable bonds is 7. The quantitative estimate of drug-likeness (QED) is 0.766. The third kappa shape index (κ3) is 4.84. The molecule has 24 heavy (non-hydrogen) atoms. The van der Waals surface area contributed by atoms with Crippen molar-refractivity contribution in [1.82, 2.24) is 5.32 Å². The monoisotopic (exact) mass is 326 g/mol. The summed E-state index contributed by atoms with van der Waals surface area (Å²) in [7, 11) is 1.57. The minimum Gasteiger partial charge on any atom is -0.494 e. The van der Waals surface area contributed by atoms with Crippen LogP contribution in [0.15, 0.2) is 48.5 Å². The molecule has 0 spiro atoms. The summed E-state index contributed by atoms with van der Waals surface area (Å²) in [5.74, 6) is 0.324. The zero-order chi connectivity index (χ0) is 17.4. The lowest BCUT2D eigenvalue weighted by Gasteiger charge is -2.08. The van der Waals surface area contributed by atoms with Crippen LogP contribution >= 0.6 is 0 Å². The van der Waals surface area contributed by atoms with E-state index in [1.54, 1.807) is 55.6 Å². The highest BCUT2D eigenvalue weighted by Gasteiger charge is 2.08. The highest BCUT2D eigenvalue weighted by Crippen LogP contribution is 2.16. The van der Waals surface area contributed by atoms with Crippen molar-refractivity contribution in [3.63, 3.8) is 0 Å². The molecule has 0 radical (unpaired) electrons. The molecule has 0 fully saturated rings. The minimum atomic E-state index is -0.232. The molecule has 0 aromatic heterocycles. The minimum absolute atomic E-state index is 0.195. The summed E-state index contributed by atoms with van der Waals surface area (Å²) >= 11 is 0. The van der Waals surface area contributed by atoms with Crippen LogP contribution in [-0.4, -0.2) is 25.5 Å². The molecule has 0 saturated heterocycles. The summed E-state index contributed by atoms with van der Waals surface area (Å²) in [6, 6.07) is 13.8. The van der Waals surface area contributed by atoms with Gasteiger partial charge < -0.3 is 15.4 Å². The highest BCUT2D eigenvalue weighted by atomic mass is 16.5. The van der Waals surface area contributed by atoms with Gasteiger partial charge in [0, 0.05) is 23.9 Å². The largest absolute Gasteiger partial charge is 0.494 e. The molecule has 0 aliphatic rings. The smallest absolute Gasteiger partial charge is 0.255 e. The Morgan fingerprint density at radius 2 is 1.75 bits per heavy atom. The lowest BCUT2D eigenvalue weighted by molar-refractivity contribution is 0.0961. The Morgan fingerprint density at radius 1 is 1.00 bits per heavy atom. The topological polar surface area (TPSA) is 67.4 Å². The Morgan fingerprint density at radius 3 is 2.42 bits per heavy atom. The van der Waals surface area contributed by atoms with E-state index in [1.165, 1.54) is 0 Å². The van der Waals surface area contributed by atoms with Gasteiger partial charge in [-0.1, -0.05) is 19.4 Å². The fraction of sp³-hybridized carbons (Fsp3) is 0.263. The van der Waals surface area contributed by atoms with E-state index >= 15 is 0 Å². The fourth-order valence-electron chi connectivity index (χ4n) is 2.12. The summed E-state index contributed by atoms with van der Waals surface area (Å²) in [6.45, 7) is 2.78. The normalized spacial score (nSPS) is 10.1. The standard InChI is InChI=1S/C19H22N2O3/c1-3-4-12-24-17-10-8-14(9-11-17)19(23)21-16-7-5-6-15(13-16)18(22)20-2/h5-11,13H,3-4,12H2,1-2H3,(H,20,22)(H,21,23). The molecule has 2 N–H and O–H groups in total. The number of ether oxygens (including phenoxy) is 1. The van der Waals surface area contributed by atoms with Gasteiger partial charge in [-0.3, -0.25) is 9.59 Å². The van der Waals surface area contributed by atoms with Gasteiger partial charge in [0.1, 0.15) is 5.75 Å². The van der Waals surface area contributed by atoms with E-state index in [-0.39, 0.29) is 11.8 Å².